The first-order valence-corrected chi connectivity index (χ1v) is 7.46. The van der Waals surface area contributed by atoms with Gasteiger partial charge < -0.3 is 15.5 Å². The van der Waals surface area contributed by atoms with Gasteiger partial charge >= 0.3 is 0 Å². The molecule has 0 saturated heterocycles. The highest BCUT2D eigenvalue weighted by Crippen LogP contribution is 2.28. The number of carbonyl (C=O) groups excluding carboxylic acids is 2. The van der Waals surface area contributed by atoms with E-state index in [1.807, 2.05) is 20.0 Å². The topological polar surface area (TPSA) is 105 Å². The van der Waals surface area contributed by atoms with Gasteiger partial charge in [-0.25, -0.2) is 4.68 Å². The molecule has 9 heteroatoms. The van der Waals surface area contributed by atoms with Crippen LogP contribution in [-0.2, 0) is 22.6 Å². The Morgan fingerprint density at radius 1 is 1.38 bits per heavy atom. The standard InChI is InChI=1S/C15H15N7O2/c1-8-11(7-22-15(21(8)2)18-19-20-22)14(24)16-10-4-3-9-5-13(23)17-12(9)6-10/h3-4,6H,5,7H2,1-2H3,(H,16,24)(H,17,23). The Morgan fingerprint density at radius 3 is 3.04 bits per heavy atom. The molecular weight excluding hydrogens is 310 g/mol. The molecule has 2 amide bonds. The van der Waals surface area contributed by atoms with Crippen molar-refractivity contribution in [2.45, 2.75) is 19.9 Å². The Balaban J connectivity index is 1.58. The third-order valence-electron chi connectivity index (χ3n) is 4.33. The number of fused-ring (bicyclic) bond motifs is 2. The van der Waals surface area contributed by atoms with Crippen LogP contribution in [0.15, 0.2) is 29.5 Å². The van der Waals surface area contributed by atoms with Gasteiger partial charge in [-0.2, -0.15) is 0 Å². The molecule has 122 valence electrons. The second-order valence-electron chi connectivity index (χ2n) is 5.81. The van der Waals surface area contributed by atoms with Gasteiger partial charge in [-0.15, -0.1) is 0 Å². The number of tetrazole rings is 1. The first-order valence-electron chi connectivity index (χ1n) is 7.46. The van der Waals surface area contributed by atoms with Crippen LogP contribution in [0.5, 0.6) is 0 Å². The van der Waals surface area contributed by atoms with Crippen LogP contribution >= 0.6 is 0 Å². The number of anilines is 3. The summed E-state index contributed by atoms with van der Waals surface area (Å²) in [6.45, 7) is 2.17. The van der Waals surface area contributed by atoms with E-state index in [1.54, 1.807) is 21.7 Å². The largest absolute Gasteiger partial charge is 0.325 e. The number of allylic oxidation sites excluding steroid dienone is 1. The van der Waals surface area contributed by atoms with E-state index >= 15 is 0 Å². The molecule has 4 rings (SSSR count). The molecule has 0 saturated carbocycles. The average Bonchev–Trinajstić information content (AvgIpc) is 3.15. The Hall–Kier alpha value is -3.23. The first-order chi connectivity index (χ1) is 11.5. The van der Waals surface area contributed by atoms with E-state index in [1.165, 1.54) is 0 Å². The van der Waals surface area contributed by atoms with E-state index in [4.69, 9.17) is 0 Å². The molecule has 3 heterocycles. The van der Waals surface area contributed by atoms with Crippen molar-refractivity contribution in [1.82, 2.24) is 20.2 Å². The maximum absolute atomic E-state index is 12.7. The molecule has 9 nitrogen and oxygen atoms in total. The number of nitrogens with one attached hydrogen (secondary N) is 2. The fourth-order valence-corrected chi connectivity index (χ4v) is 2.89. The molecule has 0 spiro atoms. The minimum absolute atomic E-state index is 0.0350. The molecule has 0 unspecified atom stereocenters. The molecule has 0 fully saturated rings. The van der Waals surface area contributed by atoms with E-state index in [-0.39, 0.29) is 11.8 Å². The summed E-state index contributed by atoms with van der Waals surface area (Å²) in [5, 5.41) is 17.1. The predicted octanol–water partition coefficient (Wildman–Crippen LogP) is 0.530. The van der Waals surface area contributed by atoms with Crippen LogP contribution in [0.3, 0.4) is 0 Å². The Labute approximate surface area is 137 Å². The summed E-state index contributed by atoms with van der Waals surface area (Å²) < 4.78 is 1.57. The zero-order chi connectivity index (χ0) is 16.8. The van der Waals surface area contributed by atoms with Crippen molar-refractivity contribution in [2.75, 3.05) is 22.6 Å². The van der Waals surface area contributed by atoms with Gasteiger partial charge in [0.05, 0.1) is 18.5 Å². The third kappa shape index (κ3) is 2.21. The van der Waals surface area contributed by atoms with Crippen molar-refractivity contribution >= 4 is 29.1 Å². The summed E-state index contributed by atoms with van der Waals surface area (Å²) >= 11 is 0. The minimum Gasteiger partial charge on any atom is -0.325 e. The Kier molecular flexibility index (Phi) is 3.08. The Morgan fingerprint density at radius 2 is 2.21 bits per heavy atom. The quantitative estimate of drug-likeness (QED) is 0.834. The summed E-state index contributed by atoms with van der Waals surface area (Å²) in [7, 11) is 1.81. The van der Waals surface area contributed by atoms with Gasteiger partial charge in [-0.3, -0.25) is 9.59 Å². The van der Waals surface area contributed by atoms with E-state index in [2.05, 4.69) is 26.2 Å². The van der Waals surface area contributed by atoms with Crippen LogP contribution in [0.4, 0.5) is 17.3 Å². The molecule has 2 aromatic rings. The fraction of sp³-hybridized carbons (Fsp3) is 0.267. The van der Waals surface area contributed by atoms with Crippen molar-refractivity contribution in [3.8, 4) is 0 Å². The number of nitrogens with zero attached hydrogens (tertiary/aromatic N) is 5. The molecule has 2 aliphatic rings. The van der Waals surface area contributed by atoms with Gasteiger partial charge in [0.25, 0.3) is 5.91 Å². The van der Waals surface area contributed by atoms with Crippen LogP contribution in [0, 0.1) is 0 Å². The number of hydrogen-bond acceptors (Lipinski definition) is 6. The molecule has 0 aliphatic carbocycles. The van der Waals surface area contributed by atoms with E-state index < -0.39 is 0 Å². The number of aromatic nitrogens is 4. The Bertz CT molecular complexity index is 899. The second-order valence-corrected chi connectivity index (χ2v) is 5.81. The van der Waals surface area contributed by atoms with Gasteiger partial charge in [0, 0.05) is 24.1 Å². The molecular formula is C15H15N7O2. The van der Waals surface area contributed by atoms with Gasteiger partial charge in [0.2, 0.25) is 11.9 Å². The fourth-order valence-electron chi connectivity index (χ4n) is 2.89. The molecule has 1 aromatic heterocycles. The minimum atomic E-state index is -0.218. The van der Waals surface area contributed by atoms with Crippen LogP contribution in [0.1, 0.15) is 12.5 Å². The van der Waals surface area contributed by atoms with Crippen molar-refractivity contribution in [2.24, 2.45) is 0 Å². The maximum Gasteiger partial charge on any atom is 0.255 e. The van der Waals surface area contributed by atoms with Crippen LogP contribution in [-0.4, -0.2) is 39.1 Å². The van der Waals surface area contributed by atoms with Gasteiger partial charge in [0.1, 0.15) is 0 Å². The highest BCUT2D eigenvalue weighted by atomic mass is 16.2. The summed E-state index contributed by atoms with van der Waals surface area (Å²) in [5.41, 5.74) is 3.69. The first kappa shape index (κ1) is 14.4. The van der Waals surface area contributed by atoms with Crippen molar-refractivity contribution < 1.29 is 9.59 Å². The number of amides is 2. The van der Waals surface area contributed by atoms with Crippen LogP contribution < -0.4 is 15.5 Å². The summed E-state index contributed by atoms with van der Waals surface area (Å²) in [6.07, 6.45) is 0.376. The number of hydrogen-bond donors (Lipinski definition) is 2. The zero-order valence-electron chi connectivity index (χ0n) is 13.2. The van der Waals surface area contributed by atoms with Crippen LogP contribution in [0.2, 0.25) is 0 Å². The van der Waals surface area contributed by atoms with Crippen molar-refractivity contribution in [3.63, 3.8) is 0 Å². The van der Waals surface area contributed by atoms with Crippen LogP contribution in [0.25, 0.3) is 0 Å². The SMILES string of the molecule is CC1=C(C(=O)Nc2ccc3c(c2)NC(=O)C3)Cn2nnnc2N1C. The van der Waals surface area contributed by atoms with E-state index in [0.29, 0.717) is 30.2 Å². The monoisotopic (exact) mass is 325 g/mol. The molecule has 0 bridgehead atoms. The number of rotatable bonds is 2. The van der Waals surface area contributed by atoms with E-state index in [9.17, 15) is 9.59 Å². The lowest BCUT2D eigenvalue weighted by atomic mass is 10.1. The number of carbonyl (C=O) groups is 2. The second kappa shape index (κ2) is 5.15. The van der Waals surface area contributed by atoms with Crippen molar-refractivity contribution in [3.05, 3.63) is 35.0 Å². The molecule has 2 aliphatic heterocycles. The normalized spacial score (nSPS) is 15.9. The molecule has 24 heavy (non-hydrogen) atoms. The lowest BCUT2D eigenvalue weighted by Crippen LogP contribution is -2.32. The molecule has 0 radical (unpaired) electrons. The zero-order valence-corrected chi connectivity index (χ0v) is 13.2. The van der Waals surface area contributed by atoms with Crippen molar-refractivity contribution in [1.29, 1.82) is 0 Å². The molecule has 2 N–H and O–H groups in total. The predicted molar refractivity (Wildman–Crippen MR) is 86.3 cm³/mol. The summed E-state index contributed by atoms with van der Waals surface area (Å²) in [6, 6.07) is 5.40. The van der Waals surface area contributed by atoms with Gasteiger partial charge in [-0.05, 0) is 35.0 Å². The summed E-state index contributed by atoms with van der Waals surface area (Å²) in [4.78, 5) is 25.9. The highest BCUT2D eigenvalue weighted by Gasteiger charge is 2.27. The van der Waals surface area contributed by atoms with E-state index in [0.717, 1.165) is 16.9 Å². The lowest BCUT2D eigenvalue weighted by Gasteiger charge is -2.26. The lowest BCUT2D eigenvalue weighted by molar-refractivity contribution is -0.115. The van der Waals surface area contributed by atoms with Gasteiger partial charge in [-0.1, -0.05) is 11.2 Å². The average molecular weight is 325 g/mol. The smallest absolute Gasteiger partial charge is 0.255 e. The number of benzene rings is 1. The maximum atomic E-state index is 12.7. The summed E-state index contributed by atoms with van der Waals surface area (Å²) in [5.74, 6) is 0.348. The highest BCUT2D eigenvalue weighted by molar-refractivity contribution is 6.06. The van der Waals surface area contributed by atoms with Gasteiger partial charge in [0.15, 0.2) is 0 Å². The third-order valence-corrected chi connectivity index (χ3v) is 4.33. The molecule has 0 atom stereocenters. The molecule has 1 aromatic carbocycles.